The van der Waals surface area contributed by atoms with Gasteiger partial charge in [0.05, 0.1) is 17.7 Å². The number of para-hydroxylation sites is 1. The summed E-state index contributed by atoms with van der Waals surface area (Å²) in [4.78, 5) is 25.1. The summed E-state index contributed by atoms with van der Waals surface area (Å²) in [6.07, 6.45) is 0.264. The molecule has 2 amide bonds. The van der Waals surface area contributed by atoms with Gasteiger partial charge in [-0.15, -0.1) is 0 Å². The van der Waals surface area contributed by atoms with Crippen LogP contribution in [-0.4, -0.2) is 11.8 Å². The molecule has 0 spiro atoms. The molecule has 27 heavy (non-hydrogen) atoms. The lowest BCUT2D eigenvalue weighted by Gasteiger charge is -2.12. The van der Waals surface area contributed by atoms with Gasteiger partial charge >= 0.3 is 0 Å². The van der Waals surface area contributed by atoms with Crippen LogP contribution in [-0.2, 0) is 11.2 Å². The fourth-order valence-corrected chi connectivity index (χ4v) is 2.89. The third kappa shape index (κ3) is 4.82. The SMILES string of the molecule is Cc1cccc(NC(=O)c2ccccc2NC(=O)Cc2ccccc2C)c1. The first kappa shape index (κ1) is 18.4. The first-order valence-electron chi connectivity index (χ1n) is 8.84. The third-order valence-electron chi connectivity index (χ3n) is 4.33. The molecule has 0 aliphatic heterocycles. The topological polar surface area (TPSA) is 58.2 Å². The average molecular weight is 358 g/mol. The van der Waals surface area contributed by atoms with Gasteiger partial charge in [0, 0.05) is 5.69 Å². The Morgan fingerprint density at radius 1 is 0.815 bits per heavy atom. The fraction of sp³-hybridized carbons (Fsp3) is 0.130. The molecule has 0 bridgehead atoms. The van der Waals surface area contributed by atoms with Crippen molar-refractivity contribution < 1.29 is 9.59 Å². The van der Waals surface area contributed by atoms with Crippen LogP contribution >= 0.6 is 0 Å². The van der Waals surface area contributed by atoms with E-state index in [0.717, 1.165) is 22.4 Å². The molecule has 0 fully saturated rings. The second kappa shape index (κ2) is 8.32. The van der Waals surface area contributed by atoms with Crippen molar-refractivity contribution in [1.29, 1.82) is 0 Å². The Balaban J connectivity index is 1.74. The number of rotatable bonds is 5. The second-order valence-corrected chi connectivity index (χ2v) is 6.52. The first-order valence-corrected chi connectivity index (χ1v) is 8.84. The van der Waals surface area contributed by atoms with E-state index in [-0.39, 0.29) is 18.2 Å². The van der Waals surface area contributed by atoms with E-state index in [1.165, 1.54) is 0 Å². The monoisotopic (exact) mass is 358 g/mol. The van der Waals surface area contributed by atoms with Crippen molar-refractivity contribution in [1.82, 2.24) is 0 Å². The minimum Gasteiger partial charge on any atom is -0.325 e. The van der Waals surface area contributed by atoms with Crippen molar-refractivity contribution in [3.8, 4) is 0 Å². The molecule has 4 heteroatoms. The maximum Gasteiger partial charge on any atom is 0.257 e. The molecule has 0 saturated heterocycles. The first-order chi connectivity index (χ1) is 13.0. The lowest BCUT2D eigenvalue weighted by Crippen LogP contribution is -2.19. The highest BCUT2D eigenvalue weighted by Crippen LogP contribution is 2.19. The van der Waals surface area contributed by atoms with Crippen LogP contribution in [0.2, 0.25) is 0 Å². The highest BCUT2D eigenvalue weighted by molar-refractivity contribution is 6.10. The highest BCUT2D eigenvalue weighted by Gasteiger charge is 2.14. The molecule has 136 valence electrons. The summed E-state index contributed by atoms with van der Waals surface area (Å²) in [5.41, 5.74) is 4.75. The van der Waals surface area contributed by atoms with Crippen molar-refractivity contribution >= 4 is 23.2 Å². The van der Waals surface area contributed by atoms with Gasteiger partial charge in [0.15, 0.2) is 0 Å². The van der Waals surface area contributed by atoms with E-state index in [1.54, 1.807) is 24.3 Å². The van der Waals surface area contributed by atoms with E-state index in [9.17, 15) is 9.59 Å². The summed E-state index contributed by atoms with van der Waals surface area (Å²) in [7, 11) is 0. The number of hydrogen-bond acceptors (Lipinski definition) is 2. The van der Waals surface area contributed by atoms with Gasteiger partial charge in [0.2, 0.25) is 5.91 Å². The van der Waals surface area contributed by atoms with Crippen LogP contribution in [0.15, 0.2) is 72.8 Å². The van der Waals surface area contributed by atoms with Crippen LogP contribution in [0.4, 0.5) is 11.4 Å². The molecule has 0 unspecified atom stereocenters. The van der Waals surface area contributed by atoms with Gasteiger partial charge < -0.3 is 10.6 Å². The van der Waals surface area contributed by atoms with Crippen molar-refractivity contribution in [2.24, 2.45) is 0 Å². The van der Waals surface area contributed by atoms with Gasteiger partial charge in [0.1, 0.15) is 0 Å². The molecule has 0 aliphatic carbocycles. The van der Waals surface area contributed by atoms with Crippen molar-refractivity contribution in [2.75, 3.05) is 10.6 Å². The Labute approximate surface area is 159 Å². The van der Waals surface area contributed by atoms with Gasteiger partial charge in [-0.3, -0.25) is 9.59 Å². The predicted molar refractivity (Wildman–Crippen MR) is 109 cm³/mol. The molecule has 3 rings (SSSR count). The van der Waals surface area contributed by atoms with E-state index < -0.39 is 0 Å². The van der Waals surface area contributed by atoms with Gasteiger partial charge in [0.25, 0.3) is 5.91 Å². The summed E-state index contributed by atoms with van der Waals surface area (Å²) < 4.78 is 0. The van der Waals surface area contributed by atoms with Gasteiger partial charge in [-0.1, -0.05) is 48.5 Å². The van der Waals surface area contributed by atoms with Crippen LogP contribution in [0.5, 0.6) is 0 Å². The molecule has 4 nitrogen and oxygen atoms in total. The number of amides is 2. The van der Waals surface area contributed by atoms with Crippen molar-refractivity contribution in [3.63, 3.8) is 0 Å². The minimum absolute atomic E-state index is 0.153. The van der Waals surface area contributed by atoms with E-state index in [0.29, 0.717) is 11.3 Å². The lowest BCUT2D eigenvalue weighted by atomic mass is 10.1. The Kier molecular flexibility index (Phi) is 5.67. The molecule has 0 aromatic heterocycles. The quantitative estimate of drug-likeness (QED) is 0.692. The maximum absolute atomic E-state index is 12.7. The number of carbonyl (C=O) groups is 2. The van der Waals surface area contributed by atoms with Gasteiger partial charge in [-0.05, 0) is 54.8 Å². The van der Waals surface area contributed by atoms with E-state index in [1.807, 2.05) is 62.4 Å². The lowest BCUT2D eigenvalue weighted by molar-refractivity contribution is -0.115. The molecule has 0 saturated carbocycles. The molecular formula is C23H22N2O2. The molecule has 2 N–H and O–H groups in total. The number of nitrogens with one attached hydrogen (secondary N) is 2. The fourth-order valence-electron chi connectivity index (χ4n) is 2.89. The molecule has 0 atom stereocenters. The van der Waals surface area contributed by atoms with Crippen LogP contribution in [0.25, 0.3) is 0 Å². The van der Waals surface area contributed by atoms with Crippen molar-refractivity contribution in [3.05, 3.63) is 95.1 Å². The van der Waals surface area contributed by atoms with E-state index in [2.05, 4.69) is 10.6 Å². The number of benzene rings is 3. The van der Waals surface area contributed by atoms with Gasteiger partial charge in [-0.25, -0.2) is 0 Å². The van der Waals surface area contributed by atoms with Crippen LogP contribution < -0.4 is 10.6 Å². The summed E-state index contributed by atoms with van der Waals surface area (Å²) in [5.74, 6) is -0.410. The summed E-state index contributed by atoms with van der Waals surface area (Å²) in [6, 6.07) is 22.4. The third-order valence-corrected chi connectivity index (χ3v) is 4.33. The van der Waals surface area contributed by atoms with Crippen molar-refractivity contribution in [2.45, 2.75) is 20.3 Å². The molecular weight excluding hydrogens is 336 g/mol. The summed E-state index contributed by atoms with van der Waals surface area (Å²) >= 11 is 0. The number of carbonyl (C=O) groups excluding carboxylic acids is 2. The Morgan fingerprint density at radius 2 is 1.56 bits per heavy atom. The average Bonchev–Trinajstić information content (AvgIpc) is 2.64. The Hall–Kier alpha value is -3.40. The normalized spacial score (nSPS) is 10.3. The van der Waals surface area contributed by atoms with Crippen LogP contribution in [0.3, 0.4) is 0 Å². The summed E-state index contributed by atoms with van der Waals surface area (Å²) in [5, 5.41) is 5.75. The zero-order valence-electron chi connectivity index (χ0n) is 15.5. The van der Waals surface area contributed by atoms with Crippen LogP contribution in [0.1, 0.15) is 27.0 Å². The Morgan fingerprint density at radius 3 is 2.33 bits per heavy atom. The molecule has 0 radical (unpaired) electrons. The number of anilines is 2. The van der Waals surface area contributed by atoms with Gasteiger partial charge in [-0.2, -0.15) is 0 Å². The van der Waals surface area contributed by atoms with E-state index >= 15 is 0 Å². The minimum atomic E-state index is -0.257. The zero-order chi connectivity index (χ0) is 19.2. The standard InChI is InChI=1S/C23H22N2O2/c1-16-8-7-11-19(14-16)24-23(27)20-12-5-6-13-21(20)25-22(26)15-18-10-4-3-9-17(18)2/h3-14H,15H2,1-2H3,(H,24,27)(H,25,26). The molecule has 3 aromatic rings. The molecule has 0 heterocycles. The Bertz CT molecular complexity index is 979. The smallest absolute Gasteiger partial charge is 0.257 e. The molecule has 3 aromatic carbocycles. The molecule has 0 aliphatic rings. The number of aryl methyl sites for hydroxylation is 2. The second-order valence-electron chi connectivity index (χ2n) is 6.52. The maximum atomic E-state index is 12.7. The zero-order valence-corrected chi connectivity index (χ0v) is 15.5. The predicted octanol–water partition coefficient (Wildman–Crippen LogP) is 4.74. The van der Waals surface area contributed by atoms with E-state index in [4.69, 9.17) is 0 Å². The summed E-state index contributed by atoms with van der Waals surface area (Å²) in [6.45, 7) is 3.95. The highest BCUT2D eigenvalue weighted by atomic mass is 16.2. The number of hydrogen-bond donors (Lipinski definition) is 2. The van der Waals surface area contributed by atoms with Crippen LogP contribution in [0, 0.1) is 13.8 Å². The largest absolute Gasteiger partial charge is 0.325 e.